The highest BCUT2D eigenvalue weighted by Gasteiger charge is 2.39. The summed E-state index contributed by atoms with van der Waals surface area (Å²) in [6, 6.07) is 1.42. The molecule has 0 bridgehead atoms. The summed E-state index contributed by atoms with van der Waals surface area (Å²) in [5, 5.41) is 12.6. The van der Waals surface area contributed by atoms with Crippen LogP contribution < -0.4 is 5.32 Å². The SMILES string of the molecule is COCc1c(C(=O)Nc2nnnn2C)ccc(C(F)(F)F)c1S(C)(=O)=O. The number of anilines is 1. The van der Waals surface area contributed by atoms with Crippen molar-refractivity contribution in [2.75, 3.05) is 18.7 Å². The molecule has 13 heteroatoms. The summed E-state index contributed by atoms with van der Waals surface area (Å²) in [5.41, 5.74) is -2.08. The number of methoxy groups -OCH3 is 1. The van der Waals surface area contributed by atoms with Crippen molar-refractivity contribution in [2.24, 2.45) is 7.05 Å². The molecule has 142 valence electrons. The number of benzene rings is 1. The molecule has 0 spiro atoms. The lowest BCUT2D eigenvalue weighted by Gasteiger charge is -2.18. The van der Waals surface area contributed by atoms with Crippen molar-refractivity contribution in [3.63, 3.8) is 0 Å². The smallest absolute Gasteiger partial charge is 0.380 e. The van der Waals surface area contributed by atoms with Gasteiger partial charge in [-0.1, -0.05) is 5.10 Å². The van der Waals surface area contributed by atoms with Crippen molar-refractivity contribution in [1.29, 1.82) is 0 Å². The Morgan fingerprint density at radius 3 is 2.46 bits per heavy atom. The van der Waals surface area contributed by atoms with Crippen molar-refractivity contribution < 1.29 is 31.1 Å². The molecule has 0 saturated heterocycles. The van der Waals surface area contributed by atoms with Crippen LogP contribution in [0.4, 0.5) is 19.1 Å². The summed E-state index contributed by atoms with van der Waals surface area (Å²) in [6.45, 7) is -0.522. The fraction of sp³-hybridized carbons (Fsp3) is 0.385. The summed E-state index contributed by atoms with van der Waals surface area (Å²) < 4.78 is 69.7. The van der Waals surface area contributed by atoms with E-state index in [2.05, 4.69) is 20.8 Å². The number of sulfone groups is 1. The number of hydrogen-bond donors (Lipinski definition) is 1. The van der Waals surface area contributed by atoms with Gasteiger partial charge in [-0.15, -0.1) is 0 Å². The summed E-state index contributed by atoms with van der Waals surface area (Å²) in [5.74, 6) is -0.951. The second kappa shape index (κ2) is 6.99. The number of aromatic nitrogens is 4. The van der Waals surface area contributed by atoms with Gasteiger partial charge in [0.05, 0.1) is 17.1 Å². The number of carbonyl (C=O) groups excluding carboxylic acids is 1. The van der Waals surface area contributed by atoms with Gasteiger partial charge in [0.2, 0.25) is 5.95 Å². The van der Waals surface area contributed by atoms with Crippen LogP contribution in [0.5, 0.6) is 0 Å². The molecule has 2 aromatic rings. The van der Waals surface area contributed by atoms with Crippen LogP contribution in [0.25, 0.3) is 0 Å². The third-order valence-electron chi connectivity index (χ3n) is 3.32. The Hall–Kier alpha value is -2.54. The Balaban J connectivity index is 2.67. The van der Waals surface area contributed by atoms with Gasteiger partial charge in [0.15, 0.2) is 9.84 Å². The van der Waals surface area contributed by atoms with E-state index >= 15 is 0 Å². The first kappa shape index (κ1) is 19.8. The largest absolute Gasteiger partial charge is 0.417 e. The molecule has 0 saturated carbocycles. The fourth-order valence-electron chi connectivity index (χ4n) is 2.28. The van der Waals surface area contributed by atoms with Gasteiger partial charge in [-0.25, -0.2) is 13.1 Å². The molecule has 0 aliphatic rings. The number of alkyl halides is 3. The fourth-order valence-corrected chi connectivity index (χ4v) is 3.48. The predicted molar refractivity (Wildman–Crippen MR) is 82.0 cm³/mol. The van der Waals surface area contributed by atoms with Gasteiger partial charge in [0.25, 0.3) is 5.91 Å². The molecular formula is C13H14F3N5O4S. The maximum Gasteiger partial charge on any atom is 0.417 e. The molecule has 1 N–H and O–H groups in total. The van der Waals surface area contributed by atoms with Crippen LogP contribution in [0.15, 0.2) is 17.0 Å². The maximum atomic E-state index is 13.3. The lowest BCUT2D eigenvalue weighted by Crippen LogP contribution is -2.22. The van der Waals surface area contributed by atoms with Gasteiger partial charge < -0.3 is 4.74 Å². The monoisotopic (exact) mass is 393 g/mol. The van der Waals surface area contributed by atoms with Crippen LogP contribution in [-0.2, 0) is 34.4 Å². The maximum absolute atomic E-state index is 13.3. The highest BCUT2D eigenvalue weighted by molar-refractivity contribution is 7.90. The van der Waals surface area contributed by atoms with Gasteiger partial charge in [-0.2, -0.15) is 13.2 Å². The predicted octanol–water partition coefficient (Wildman–Crippen LogP) is 1.03. The van der Waals surface area contributed by atoms with E-state index in [0.717, 1.165) is 10.7 Å². The van der Waals surface area contributed by atoms with Gasteiger partial charge in [0, 0.05) is 31.5 Å². The average molecular weight is 393 g/mol. The van der Waals surface area contributed by atoms with Gasteiger partial charge in [-0.3, -0.25) is 10.1 Å². The number of tetrazole rings is 1. The lowest BCUT2D eigenvalue weighted by atomic mass is 10.0. The van der Waals surface area contributed by atoms with Crippen molar-refractivity contribution in [3.8, 4) is 0 Å². The number of aryl methyl sites for hydroxylation is 1. The van der Waals surface area contributed by atoms with E-state index in [0.29, 0.717) is 12.3 Å². The molecular weight excluding hydrogens is 379 g/mol. The Kier molecular flexibility index (Phi) is 5.32. The minimum absolute atomic E-state index is 0.0702. The minimum atomic E-state index is -4.93. The zero-order valence-electron chi connectivity index (χ0n) is 13.8. The molecule has 0 radical (unpaired) electrons. The third-order valence-corrected chi connectivity index (χ3v) is 4.52. The van der Waals surface area contributed by atoms with Gasteiger partial charge in [0.1, 0.15) is 0 Å². The van der Waals surface area contributed by atoms with E-state index in [1.807, 2.05) is 0 Å². The average Bonchev–Trinajstić information content (AvgIpc) is 2.90. The zero-order valence-corrected chi connectivity index (χ0v) is 14.6. The standard InChI is InChI=1S/C13H14F3N5O4S/c1-21-12(18-19-20-21)17-11(22)7-4-5-9(13(14,15)16)10(26(3,23)24)8(7)6-25-2/h4-5H,6H2,1-3H3,(H,17,18,20,22). The van der Waals surface area contributed by atoms with Gasteiger partial charge in [-0.05, 0) is 22.6 Å². The topological polar surface area (TPSA) is 116 Å². The molecule has 1 aromatic heterocycles. The molecule has 1 amide bonds. The second-order valence-corrected chi connectivity index (χ2v) is 7.20. The van der Waals surface area contributed by atoms with Crippen LogP contribution in [0.3, 0.4) is 0 Å². The van der Waals surface area contributed by atoms with E-state index in [-0.39, 0.29) is 11.5 Å². The molecule has 2 rings (SSSR count). The number of rotatable bonds is 5. The van der Waals surface area contributed by atoms with E-state index < -0.39 is 44.5 Å². The number of halogens is 3. The Bertz CT molecular complexity index is 940. The van der Waals surface area contributed by atoms with Crippen molar-refractivity contribution in [1.82, 2.24) is 20.2 Å². The van der Waals surface area contributed by atoms with E-state index in [9.17, 15) is 26.4 Å². The van der Waals surface area contributed by atoms with E-state index in [1.165, 1.54) is 14.2 Å². The Morgan fingerprint density at radius 1 is 1.35 bits per heavy atom. The van der Waals surface area contributed by atoms with Crippen LogP contribution in [0, 0.1) is 0 Å². The molecule has 0 fully saturated rings. The first-order chi connectivity index (χ1) is 12.0. The summed E-state index contributed by atoms with van der Waals surface area (Å²) in [6.07, 6.45) is -4.30. The third kappa shape index (κ3) is 3.99. The minimum Gasteiger partial charge on any atom is -0.380 e. The highest BCUT2D eigenvalue weighted by Crippen LogP contribution is 2.37. The molecule has 9 nitrogen and oxygen atoms in total. The first-order valence-corrected chi connectivity index (χ1v) is 8.81. The van der Waals surface area contributed by atoms with Crippen LogP contribution in [0.2, 0.25) is 0 Å². The molecule has 1 aromatic carbocycles. The van der Waals surface area contributed by atoms with E-state index in [1.54, 1.807) is 0 Å². The van der Waals surface area contributed by atoms with Crippen molar-refractivity contribution in [3.05, 3.63) is 28.8 Å². The number of carbonyl (C=O) groups is 1. The second-order valence-electron chi connectivity index (χ2n) is 5.25. The number of amides is 1. The zero-order chi connectivity index (χ0) is 19.7. The molecule has 1 heterocycles. The summed E-state index contributed by atoms with van der Waals surface area (Å²) in [4.78, 5) is 11.4. The summed E-state index contributed by atoms with van der Waals surface area (Å²) >= 11 is 0. The van der Waals surface area contributed by atoms with Crippen LogP contribution in [-0.4, -0.2) is 47.9 Å². The van der Waals surface area contributed by atoms with E-state index in [4.69, 9.17) is 4.74 Å². The van der Waals surface area contributed by atoms with Crippen LogP contribution in [0.1, 0.15) is 21.5 Å². The summed E-state index contributed by atoms with van der Waals surface area (Å²) in [7, 11) is -1.72. The van der Waals surface area contributed by atoms with Crippen molar-refractivity contribution in [2.45, 2.75) is 17.7 Å². The Labute approximate surface area is 146 Å². The molecule has 0 aliphatic heterocycles. The highest BCUT2D eigenvalue weighted by atomic mass is 32.2. The number of nitrogens with zero attached hydrogens (tertiary/aromatic N) is 4. The lowest BCUT2D eigenvalue weighted by molar-refractivity contribution is -0.140. The van der Waals surface area contributed by atoms with Gasteiger partial charge >= 0.3 is 6.18 Å². The molecule has 0 aliphatic carbocycles. The first-order valence-electron chi connectivity index (χ1n) is 6.92. The Morgan fingerprint density at radius 2 is 2.00 bits per heavy atom. The number of ether oxygens (including phenoxy) is 1. The number of nitrogens with one attached hydrogen (secondary N) is 1. The molecule has 0 atom stereocenters. The van der Waals surface area contributed by atoms with Crippen molar-refractivity contribution >= 4 is 21.7 Å². The molecule has 26 heavy (non-hydrogen) atoms. The normalized spacial score (nSPS) is 12.2. The number of hydrogen-bond acceptors (Lipinski definition) is 7. The quantitative estimate of drug-likeness (QED) is 0.806. The van der Waals surface area contributed by atoms with Crippen LogP contribution >= 0.6 is 0 Å². The molecule has 0 unspecified atom stereocenters.